The van der Waals surface area contributed by atoms with Gasteiger partial charge in [-0.1, -0.05) is 17.4 Å². The SMILES string of the molecule is O=C(Nc1nc2c(s1)CN(C(=O)c1cccc(-n3cnnn3)c1)CC2)c1cnccn1. The number of fused-ring (bicyclic) bond motifs is 1. The molecule has 3 aromatic heterocycles. The molecule has 2 amide bonds. The van der Waals surface area contributed by atoms with Crippen LogP contribution in [-0.2, 0) is 13.0 Å². The third-order valence-corrected chi connectivity index (χ3v) is 5.74. The van der Waals surface area contributed by atoms with E-state index in [1.165, 1.54) is 40.9 Å². The second-order valence-corrected chi connectivity index (χ2v) is 7.80. The Balaban J connectivity index is 1.30. The van der Waals surface area contributed by atoms with Crippen molar-refractivity contribution in [2.75, 3.05) is 11.9 Å². The normalized spacial score (nSPS) is 13.0. The summed E-state index contributed by atoms with van der Waals surface area (Å²) in [4.78, 5) is 40.5. The number of rotatable bonds is 4. The first-order valence-electron chi connectivity index (χ1n) is 9.36. The fraction of sp³-hybridized carbons (Fsp3) is 0.158. The quantitative estimate of drug-likeness (QED) is 0.510. The summed E-state index contributed by atoms with van der Waals surface area (Å²) in [7, 11) is 0. The number of nitrogens with one attached hydrogen (secondary N) is 1. The van der Waals surface area contributed by atoms with Crippen LogP contribution in [0.4, 0.5) is 5.13 Å². The van der Waals surface area contributed by atoms with E-state index >= 15 is 0 Å². The Morgan fingerprint density at radius 2 is 2.13 bits per heavy atom. The molecule has 0 saturated carbocycles. The van der Waals surface area contributed by atoms with Crippen molar-refractivity contribution < 1.29 is 9.59 Å². The van der Waals surface area contributed by atoms with Crippen LogP contribution in [0, 0.1) is 0 Å². The van der Waals surface area contributed by atoms with Gasteiger partial charge in [-0.15, -0.1) is 5.10 Å². The van der Waals surface area contributed by atoms with Gasteiger partial charge in [0.25, 0.3) is 11.8 Å². The number of hydrogen-bond donors (Lipinski definition) is 1. The van der Waals surface area contributed by atoms with Crippen LogP contribution < -0.4 is 5.32 Å². The maximum atomic E-state index is 13.1. The van der Waals surface area contributed by atoms with E-state index in [-0.39, 0.29) is 17.5 Å². The molecular weight excluding hydrogens is 418 g/mol. The van der Waals surface area contributed by atoms with Gasteiger partial charge in [0.15, 0.2) is 5.13 Å². The van der Waals surface area contributed by atoms with Crippen LogP contribution in [0.3, 0.4) is 0 Å². The number of thiazole rings is 1. The first-order valence-corrected chi connectivity index (χ1v) is 10.2. The molecule has 0 saturated heterocycles. The second-order valence-electron chi connectivity index (χ2n) is 6.72. The molecule has 0 bridgehead atoms. The highest BCUT2D eigenvalue weighted by Crippen LogP contribution is 2.29. The van der Waals surface area contributed by atoms with Crippen molar-refractivity contribution in [1.29, 1.82) is 0 Å². The van der Waals surface area contributed by atoms with E-state index in [0.717, 1.165) is 10.6 Å². The van der Waals surface area contributed by atoms with Crippen LogP contribution in [0.15, 0.2) is 49.2 Å². The van der Waals surface area contributed by atoms with Crippen molar-refractivity contribution in [2.24, 2.45) is 0 Å². The van der Waals surface area contributed by atoms with Gasteiger partial charge in [-0.05, 0) is 28.6 Å². The second kappa shape index (κ2) is 7.99. The molecule has 4 aromatic rings. The zero-order valence-corrected chi connectivity index (χ0v) is 16.9. The molecule has 154 valence electrons. The van der Waals surface area contributed by atoms with Gasteiger partial charge in [-0.25, -0.2) is 14.6 Å². The minimum atomic E-state index is -0.369. The van der Waals surface area contributed by atoms with Gasteiger partial charge in [0.2, 0.25) is 0 Å². The molecule has 11 nitrogen and oxygen atoms in total. The molecular formula is C19H15N9O2S. The van der Waals surface area contributed by atoms with Crippen molar-refractivity contribution in [3.8, 4) is 5.69 Å². The number of benzene rings is 1. The topological polar surface area (TPSA) is 132 Å². The fourth-order valence-electron chi connectivity index (χ4n) is 3.24. The Labute approximate surface area is 179 Å². The average molecular weight is 433 g/mol. The zero-order chi connectivity index (χ0) is 21.2. The number of tetrazole rings is 1. The highest BCUT2D eigenvalue weighted by Gasteiger charge is 2.26. The number of aromatic nitrogens is 7. The monoisotopic (exact) mass is 433 g/mol. The third kappa shape index (κ3) is 3.88. The molecule has 0 aliphatic carbocycles. The van der Waals surface area contributed by atoms with E-state index in [9.17, 15) is 9.59 Å². The highest BCUT2D eigenvalue weighted by atomic mass is 32.1. The van der Waals surface area contributed by atoms with Crippen LogP contribution in [0.1, 0.15) is 31.4 Å². The molecule has 0 unspecified atom stereocenters. The van der Waals surface area contributed by atoms with Crippen LogP contribution in [0.25, 0.3) is 5.69 Å². The Bertz CT molecular complexity index is 1240. The van der Waals surface area contributed by atoms with Gasteiger partial charge in [0.05, 0.1) is 24.1 Å². The molecule has 0 atom stereocenters. The predicted molar refractivity (Wildman–Crippen MR) is 110 cm³/mol. The molecule has 0 fully saturated rings. The van der Waals surface area contributed by atoms with Crippen LogP contribution in [0.5, 0.6) is 0 Å². The lowest BCUT2D eigenvalue weighted by Crippen LogP contribution is -2.35. The molecule has 0 radical (unpaired) electrons. The molecule has 31 heavy (non-hydrogen) atoms. The van der Waals surface area contributed by atoms with Gasteiger partial charge in [-0.3, -0.25) is 19.9 Å². The van der Waals surface area contributed by atoms with E-state index in [0.29, 0.717) is 35.9 Å². The van der Waals surface area contributed by atoms with E-state index in [1.54, 1.807) is 23.1 Å². The number of anilines is 1. The first-order chi connectivity index (χ1) is 15.2. The number of carbonyl (C=O) groups is 2. The smallest absolute Gasteiger partial charge is 0.277 e. The Morgan fingerprint density at radius 1 is 1.19 bits per heavy atom. The summed E-state index contributed by atoms with van der Waals surface area (Å²) in [6, 6.07) is 7.15. The fourth-order valence-corrected chi connectivity index (χ4v) is 4.26. The van der Waals surface area contributed by atoms with E-state index in [4.69, 9.17) is 0 Å². The summed E-state index contributed by atoms with van der Waals surface area (Å²) in [5.74, 6) is -0.453. The standard InChI is InChI=1S/C19H15N9O2S/c29-17(15-9-20-5-6-21-15)24-19-23-14-4-7-27(10-16(14)31-19)18(30)12-2-1-3-13(8-12)28-11-22-25-26-28/h1-3,5-6,8-9,11H,4,7,10H2,(H,23,24,29). The Hall–Kier alpha value is -4.06. The molecule has 4 heterocycles. The number of hydrogen-bond acceptors (Lipinski definition) is 9. The number of amides is 2. The van der Waals surface area contributed by atoms with Crippen molar-refractivity contribution in [3.63, 3.8) is 0 Å². The summed E-state index contributed by atoms with van der Waals surface area (Å²) >= 11 is 1.36. The number of carbonyl (C=O) groups excluding carboxylic acids is 2. The van der Waals surface area contributed by atoms with E-state index < -0.39 is 0 Å². The maximum absolute atomic E-state index is 13.1. The average Bonchev–Trinajstić information content (AvgIpc) is 3.48. The predicted octanol–water partition coefficient (Wildman–Crippen LogP) is 1.36. The molecule has 1 N–H and O–H groups in total. The van der Waals surface area contributed by atoms with Gasteiger partial charge in [0.1, 0.15) is 12.0 Å². The molecule has 1 aliphatic heterocycles. The summed E-state index contributed by atoms with van der Waals surface area (Å²) in [5.41, 5.74) is 2.37. The summed E-state index contributed by atoms with van der Waals surface area (Å²) in [6.45, 7) is 0.976. The van der Waals surface area contributed by atoms with Gasteiger partial charge in [-0.2, -0.15) is 0 Å². The molecule has 1 aromatic carbocycles. The summed E-state index contributed by atoms with van der Waals surface area (Å²) < 4.78 is 1.50. The molecule has 12 heteroatoms. The highest BCUT2D eigenvalue weighted by molar-refractivity contribution is 7.15. The minimum Gasteiger partial charge on any atom is -0.333 e. The molecule has 1 aliphatic rings. The lowest BCUT2D eigenvalue weighted by Gasteiger charge is -2.26. The largest absolute Gasteiger partial charge is 0.333 e. The van der Waals surface area contributed by atoms with Crippen LogP contribution >= 0.6 is 11.3 Å². The molecule has 0 spiro atoms. The summed E-state index contributed by atoms with van der Waals surface area (Å²) in [6.07, 6.45) is 6.45. The first kappa shape index (κ1) is 18.9. The van der Waals surface area contributed by atoms with Crippen molar-refractivity contribution in [2.45, 2.75) is 13.0 Å². The van der Waals surface area contributed by atoms with Gasteiger partial charge >= 0.3 is 0 Å². The van der Waals surface area contributed by atoms with Crippen molar-refractivity contribution >= 4 is 28.3 Å². The van der Waals surface area contributed by atoms with Gasteiger partial charge < -0.3 is 4.90 Å². The summed E-state index contributed by atoms with van der Waals surface area (Å²) in [5, 5.41) is 14.3. The molecule has 5 rings (SSSR count). The lowest BCUT2D eigenvalue weighted by molar-refractivity contribution is 0.0736. The van der Waals surface area contributed by atoms with Crippen LogP contribution in [-0.4, -0.2) is 58.4 Å². The van der Waals surface area contributed by atoms with Gasteiger partial charge in [0, 0.05) is 35.8 Å². The van der Waals surface area contributed by atoms with Crippen molar-refractivity contribution in [3.05, 3.63) is 71.0 Å². The Morgan fingerprint density at radius 3 is 2.94 bits per heavy atom. The van der Waals surface area contributed by atoms with Crippen molar-refractivity contribution in [1.82, 2.24) is 40.1 Å². The third-order valence-electron chi connectivity index (χ3n) is 4.74. The maximum Gasteiger partial charge on any atom is 0.277 e. The van der Waals surface area contributed by atoms with Crippen LogP contribution in [0.2, 0.25) is 0 Å². The van der Waals surface area contributed by atoms with E-state index in [2.05, 4.69) is 35.8 Å². The number of nitrogens with zero attached hydrogens (tertiary/aromatic N) is 8. The zero-order valence-electron chi connectivity index (χ0n) is 16.0. The Kier molecular flexibility index (Phi) is 4.88. The minimum absolute atomic E-state index is 0.0841. The lowest BCUT2D eigenvalue weighted by atomic mass is 10.1. The van der Waals surface area contributed by atoms with E-state index in [1.807, 2.05) is 6.07 Å².